The molecule has 0 fully saturated rings. The van der Waals surface area contributed by atoms with E-state index >= 15 is 0 Å². The van der Waals surface area contributed by atoms with E-state index in [1.807, 2.05) is 20.8 Å². The Morgan fingerprint density at radius 2 is 2.12 bits per heavy atom. The highest BCUT2D eigenvalue weighted by Crippen LogP contribution is 2.14. The summed E-state index contributed by atoms with van der Waals surface area (Å²) in [5.74, 6) is 3.88. The molecule has 1 amide bonds. The Bertz CT molecular complexity index is 254. The van der Waals surface area contributed by atoms with Gasteiger partial charge in [-0.15, -0.1) is 6.42 Å². The Balaban J connectivity index is 4.07. The number of rotatable bonds is 7. The van der Waals surface area contributed by atoms with Crippen LogP contribution in [-0.2, 0) is 4.79 Å². The zero-order chi connectivity index (χ0) is 12.6. The monoisotopic (exact) mass is 242 g/mol. The van der Waals surface area contributed by atoms with E-state index in [2.05, 4.69) is 11.2 Å². The largest absolute Gasteiger partial charge is 0.339 e. The zero-order valence-corrected chi connectivity index (χ0v) is 11.2. The van der Waals surface area contributed by atoms with E-state index in [4.69, 9.17) is 12.2 Å². The molecule has 0 aromatic carbocycles. The van der Waals surface area contributed by atoms with Crippen molar-refractivity contribution < 1.29 is 4.79 Å². The highest BCUT2D eigenvalue weighted by atomic mass is 32.2. The van der Waals surface area contributed by atoms with Crippen LogP contribution in [0.15, 0.2) is 0 Å². The van der Waals surface area contributed by atoms with E-state index < -0.39 is 5.54 Å². The van der Waals surface area contributed by atoms with Crippen LogP contribution in [0.5, 0.6) is 0 Å². The summed E-state index contributed by atoms with van der Waals surface area (Å²) in [4.78, 5) is 11.6. The molecule has 0 aliphatic heterocycles. The first kappa shape index (κ1) is 15.3. The molecule has 0 aliphatic rings. The molecule has 16 heavy (non-hydrogen) atoms. The van der Waals surface area contributed by atoms with Crippen LogP contribution in [0.2, 0.25) is 0 Å². The second-order valence-electron chi connectivity index (χ2n) is 3.97. The fourth-order valence-electron chi connectivity index (χ4n) is 1.31. The molecule has 0 heterocycles. The minimum Gasteiger partial charge on any atom is -0.339 e. The normalized spacial score (nSPS) is 12.9. The molecule has 0 spiro atoms. The van der Waals surface area contributed by atoms with Crippen molar-refractivity contribution in [2.45, 2.75) is 45.2 Å². The number of carbonyl (C=O) groups excluding carboxylic acids is 1. The van der Waals surface area contributed by atoms with Crippen molar-refractivity contribution in [3.8, 4) is 12.3 Å². The number of amides is 1. The van der Waals surface area contributed by atoms with Gasteiger partial charge in [-0.2, -0.15) is 11.8 Å². The molecule has 3 N–H and O–H groups in total. The molecule has 0 saturated carbocycles. The average molecular weight is 242 g/mol. The standard InChI is InChI=1S/C12H22N2OS/c1-5-12(6-2,7-3)14-11(15)9-16-8-10(4)13/h1,10H,6-9,13H2,2-4H3,(H,14,15). The quantitative estimate of drug-likeness (QED) is 0.663. The Hall–Kier alpha value is -0.660. The molecule has 0 radical (unpaired) electrons. The molecule has 4 heteroatoms. The molecular weight excluding hydrogens is 220 g/mol. The predicted molar refractivity (Wildman–Crippen MR) is 71.3 cm³/mol. The highest BCUT2D eigenvalue weighted by Gasteiger charge is 2.24. The lowest BCUT2D eigenvalue weighted by Gasteiger charge is -2.27. The van der Waals surface area contributed by atoms with E-state index in [9.17, 15) is 4.79 Å². The smallest absolute Gasteiger partial charge is 0.231 e. The second-order valence-corrected chi connectivity index (χ2v) is 5.00. The minimum absolute atomic E-state index is 0.00713. The molecule has 1 unspecified atom stereocenters. The van der Waals surface area contributed by atoms with Crippen molar-refractivity contribution in [3.63, 3.8) is 0 Å². The van der Waals surface area contributed by atoms with Crippen molar-refractivity contribution in [1.29, 1.82) is 0 Å². The van der Waals surface area contributed by atoms with Crippen LogP contribution in [0.3, 0.4) is 0 Å². The Kier molecular flexibility index (Phi) is 7.27. The zero-order valence-electron chi connectivity index (χ0n) is 10.4. The van der Waals surface area contributed by atoms with Gasteiger partial charge in [-0.3, -0.25) is 4.79 Å². The summed E-state index contributed by atoms with van der Waals surface area (Å²) >= 11 is 1.54. The first-order chi connectivity index (χ1) is 7.49. The van der Waals surface area contributed by atoms with E-state index in [1.165, 1.54) is 11.8 Å². The topological polar surface area (TPSA) is 55.1 Å². The maximum atomic E-state index is 11.6. The molecule has 0 aromatic rings. The van der Waals surface area contributed by atoms with Gasteiger partial charge in [0.25, 0.3) is 0 Å². The summed E-state index contributed by atoms with van der Waals surface area (Å²) in [7, 11) is 0. The lowest BCUT2D eigenvalue weighted by atomic mass is 9.94. The molecule has 0 saturated heterocycles. The Morgan fingerprint density at radius 3 is 2.50 bits per heavy atom. The van der Waals surface area contributed by atoms with Crippen molar-refractivity contribution in [1.82, 2.24) is 5.32 Å². The first-order valence-corrected chi connectivity index (χ1v) is 6.77. The van der Waals surface area contributed by atoms with Crippen LogP contribution in [0.25, 0.3) is 0 Å². The van der Waals surface area contributed by atoms with Crippen molar-refractivity contribution in [2.75, 3.05) is 11.5 Å². The number of thioether (sulfide) groups is 1. The molecule has 1 atom stereocenters. The Labute approximate surface area is 103 Å². The second kappa shape index (κ2) is 7.59. The van der Waals surface area contributed by atoms with Gasteiger partial charge in [0.15, 0.2) is 0 Å². The van der Waals surface area contributed by atoms with Crippen LogP contribution in [0.4, 0.5) is 0 Å². The fraction of sp³-hybridized carbons (Fsp3) is 0.750. The van der Waals surface area contributed by atoms with E-state index in [0.717, 1.165) is 18.6 Å². The van der Waals surface area contributed by atoms with E-state index in [-0.39, 0.29) is 11.9 Å². The van der Waals surface area contributed by atoms with Crippen LogP contribution in [-0.4, -0.2) is 29.0 Å². The molecule has 92 valence electrons. The van der Waals surface area contributed by atoms with E-state index in [1.54, 1.807) is 0 Å². The number of nitrogens with two attached hydrogens (primary N) is 1. The van der Waals surface area contributed by atoms with Gasteiger partial charge >= 0.3 is 0 Å². The summed E-state index contributed by atoms with van der Waals surface area (Å²) in [6, 6.07) is 0.118. The van der Waals surface area contributed by atoms with Gasteiger partial charge in [-0.05, 0) is 19.8 Å². The molecule has 0 aromatic heterocycles. The van der Waals surface area contributed by atoms with E-state index in [0.29, 0.717) is 5.75 Å². The maximum Gasteiger partial charge on any atom is 0.231 e. The molecule has 0 rings (SSSR count). The van der Waals surface area contributed by atoms with Gasteiger partial charge in [0.05, 0.1) is 5.75 Å². The lowest BCUT2D eigenvalue weighted by molar-refractivity contribution is -0.119. The van der Waals surface area contributed by atoms with Gasteiger partial charge in [0.1, 0.15) is 5.54 Å². The average Bonchev–Trinajstić information content (AvgIpc) is 2.25. The number of hydrogen-bond acceptors (Lipinski definition) is 3. The predicted octanol–water partition coefficient (Wildman–Crippen LogP) is 1.37. The third-order valence-electron chi connectivity index (χ3n) is 2.48. The molecule has 0 aliphatic carbocycles. The van der Waals surface area contributed by atoms with Crippen molar-refractivity contribution in [2.24, 2.45) is 5.73 Å². The third-order valence-corrected chi connectivity index (χ3v) is 3.70. The summed E-state index contributed by atoms with van der Waals surface area (Å²) in [5, 5.41) is 2.92. The number of hydrogen-bond donors (Lipinski definition) is 2. The number of carbonyl (C=O) groups is 1. The van der Waals surface area contributed by atoms with Crippen LogP contribution >= 0.6 is 11.8 Å². The van der Waals surface area contributed by atoms with Gasteiger partial charge in [0.2, 0.25) is 5.91 Å². The summed E-state index contributed by atoms with van der Waals surface area (Å²) in [5.41, 5.74) is 5.12. The Morgan fingerprint density at radius 1 is 1.56 bits per heavy atom. The third kappa shape index (κ3) is 5.43. The van der Waals surface area contributed by atoms with Crippen LogP contribution in [0.1, 0.15) is 33.6 Å². The minimum atomic E-state index is -0.480. The molecule has 3 nitrogen and oxygen atoms in total. The van der Waals surface area contributed by atoms with Gasteiger partial charge in [-0.25, -0.2) is 0 Å². The summed E-state index contributed by atoms with van der Waals surface area (Å²) in [6.45, 7) is 5.90. The SMILES string of the molecule is C#CC(CC)(CC)NC(=O)CSCC(C)N. The first-order valence-electron chi connectivity index (χ1n) is 5.61. The maximum absolute atomic E-state index is 11.6. The number of nitrogens with one attached hydrogen (secondary N) is 1. The summed E-state index contributed by atoms with van der Waals surface area (Å²) < 4.78 is 0. The molecular formula is C12H22N2OS. The van der Waals surface area contributed by atoms with Gasteiger partial charge < -0.3 is 11.1 Å². The van der Waals surface area contributed by atoms with Crippen molar-refractivity contribution >= 4 is 17.7 Å². The lowest BCUT2D eigenvalue weighted by Crippen LogP contribution is -2.47. The fourth-order valence-corrected chi connectivity index (χ4v) is 2.05. The van der Waals surface area contributed by atoms with Crippen LogP contribution < -0.4 is 11.1 Å². The van der Waals surface area contributed by atoms with Crippen molar-refractivity contribution in [3.05, 3.63) is 0 Å². The highest BCUT2D eigenvalue weighted by molar-refractivity contribution is 7.99. The number of terminal acetylenes is 1. The van der Waals surface area contributed by atoms with Gasteiger partial charge in [-0.1, -0.05) is 19.8 Å². The molecule has 0 bridgehead atoms. The summed E-state index contributed by atoms with van der Waals surface area (Å²) in [6.07, 6.45) is 6.97. The van der Waals surface area contributed by atoms with Crippen LogP contribution in [0, 0.1) is 12.3 Å². The van der Waals surface area contributed by atoms with Gasteiger partial charge in [0, 0.05) is 11.8 Å².